The van der Waals surface area contributed by atoms with Crippen LogP contribution in [0.5, 0.6) is 0 Å². The smallest absolute Gasteiger partial charge is 0.403 e. The van der Waals surface area contributed by atoms with Gasteiger partial charge in [-0.3, -0.25) is 0 Å². The van der Waals surface area contributed by atoms with Crippen molar-refractivity contribution in [3.63, 3.8) is 0 Å². The Kier molecular flexibility index (Phi) is 5.31. The minimum atomic E-state index is -0.231. The van der Waals surface area contributed by atoms with E-state index in [0.29, 0.717) is 5.92 Å². The van der Waals surface area contributed by atoms with Crippen molar-refractivity contribution in [1.82, 2.24) is 4.57 Å². The zero-order chi connectivity index (χ0) is 18.1. The molecule has 0 spiro atoms. The summed E-state index contributed by atoms with van der Waals surface area (Å²) in [6, 6.07) is 10.8. The van der Waals surface area contributed by atoms with Crippen molar-refractivity contribution >= 4 is 18.0 Å². The monoisotopic (exact) mass is 341 g/mol. The van der Waals surface area contributed by atoms with Gasteiger partial charge in [-0.25, -0.2) is 0 Å². The fraction of sp³-hybridized carbons (Fsp3) is 0.619. The molecule has 25 heavy (non-hydrogen) atoms. The van der Waals surface area contributed by atoms with Crippen molar-refractivity contribution in [2.45, 2.75) is 77.9 Å². The minimum absolute atomic E-state index is 0.0806. The molecule has 3 nitrogen and oxygen atoms in total. The first kappa shape index (κ1) is 18.5. The Balaban J connectivity index is 1.62. The molecule has 1 aromatic heterocycles. The normalized spacial score (nSPS) is 20.3. The number of rotatable bonds is 7. The number of benzene rings is 1. The zero-order valence-electron chi connectivity index (χ0n) is 16.4. The van der Waals surface area contributed by atoms with Gasteiger partial charge in [0.1, 0.15) is 0 Å². The molecule has 0 bridgehead atoms. The number of para-hydroxylation sites is 1. The maximum Gasteiger partial charge on any atom is 0.458 e. The Morgan fingerprint density at radius 1 is 1.00 bits per heavy atom. The number of aryl methyl sites for hydroxylation is 1. The van der Waals surface area contributed by atoms with E-state index < -0.39 is 0 Å². The van der Waals surface area contributed by atoms with Crippen LogP contribution in [0.25, 0.3) is 10.9 Å². The summed E-state index contributed by atoms with van der Waals surface area (Å²) in [5.74, 6) is 0.626. The first-order valence-electron chi connectivity index (χ1n) is 9.72. The fourth-order valence-electron chi connectivity index (χ4n) is 3.78. The maximum atomic E-state index is 6.22. The number of nitrogens with zero attached hydrogens (tertiary/aromatic N) is 1. The molecule has 0 amide bonds. The third kappa shape index (κ3) is 3.96. The summed E-state index contributed by atoms with van der Waals surface area (Å²) in [4.78, 5) is 0. The summed E-state index contributed by atoms with van der Waals surface area (Å²) in [7, 11) is -0.0806. The predicted molar refractivity (Wildman–Crippen MR) is 106 cm³/mol. The number of aromatic nitrogens is 1. The van der Waals surface area contributed by atoms with E-state index in [1.165, 1.54) is 23.7 Å². The molecule has 3 rings (SSSR count). The molecule has 1 aromatic carbocycles. The van der Waals surface area contributed by atoms with Gasteiger partial charge in [0.05, 0.1) is 11.2 Å². The van der Waals surface area contributed by atoms with Crippen LogP contribution in [0.1, 0.15) is 53.9 Å². The molecular formula is C21H32BNO2. The average Bonchev–Trinajstić information content (AvgIpc) is 3.03. The standard InChI is InChI=1S/C21H32BNO2/c1-6-9-17(16-22-24-20(2,3)21(4,5)25-22)12-14-23-15-13-18-10-7-8-11-19(18)23/h7-8,10-11,13,15,17H,6,9,12,14,16H2,1-5H3. The summed E-state index contributed by atoms with van der Waals surface area (Å²) in [6.07, 6.45) is 6.79. The molecule has 0 aliphatic carbocycles. The van der Waals surface area contributed by atoms with Gasteiger partial charge in [-0.05, 0) is 63.9 Å². The van der Waals surface area contributed by atoms with Crippen LogP contribution in [-0.2, 0) is 15.9 Å². The van der Waals surface area contributed by atoms with E-state index in [1.54, 1.807) is 0 Å². The van der Waals surface area contributed by atoms with Crippen LogP contribution in [0.2, 0.25) is 6.32 Å². The summed E-state index contributed by atoms with van der Waals surface area (Å²) >= 11 is 0. The first-order chi connectivity index (χ1) is 11.8. The maximum absolute atomic E-state index is 6.22. The summed E-state index contributed by atoms with van der Waals surface area (Å²) in [5.41, 5.74) is 0.865. The molecule has 1 aliphatic heterocycles. The zero-order valence-corrected chi connectivity index (χ0v) is 16.4. The van der Waals surface area contributed by atoms with E-state index >= 15 is 0 Å². The highest BCUT2D eigenvalue weighted by Gasteiger charge is 2.51. The number of hydrogen-bond donors (Lipinski definition) is 0. The predicted octanol–water partition coefficient (Wildman–Crippen LogP) is 5.54. The molecule has 0 N–H and O–H groups in total. The average molecular weight is 341 g/mol. The molecule has 2 heterocycles. The van der Waals surface area contributed by atoms with Crippen molar-refractivity contribution in [3.8, 4) is 0 Å². The van der Waals surface area contributed by atoms with Crippen LogP contribution >= 0.6 is 0 Å². The molecule has 1 atom stereocenters. The highest BCUT2D eigenvalue weighted by atomic mass is 16.7. The third-order valence-corrected chi connectivity index (χ3v) is 5.98. The van der Waals surface area contributed by atoms with E-state index in [9.17, 15) is 0 Å². The second-order valence-electron chi connectivity index (χ2n) is 8.43. The van der Waals surface area contributed by atoms with Gasteiger partial charge in [-0.15, -0.1) is 0 Å². The van der Waals surface area contributed by atoms with Crippen molar-refractivity contribution in [1.29, 1.82) is 0 Å². The second kappa shape index (κ2) is 7.16. The Morgan fingerprint density at radius 3 is 2.36 bits per heavy atom. The van der Waals surface area contributed by atoms with Crippen molar-refractivity contribution < 1.29 is 9.31 Å². The lowest BCUT2D eigenvalue weighted by atomic mass is 9.74. The largest absolute Gasteiger partial charge is 0.458 e. The van der Waals surface area contributed by atoms with Crippen LogP contribution in [0.3, 0.4) is 0 Å². The highest BCUT2D eigenvalue weighted by molar-refractivity contribution is 6.45. The Morgan fingerprint density at radius 2 is 1.68 bits per heavy atom. The van der Waals surface area contributed by atoms with Crippen LogP contribution in [-0.4, -0.2) is 22.9 Å². The molecule has 1 unspecified atom stereocenters. The summed E-state index contributed by atoms with van der Waals surface area (Å²) in [6.45, 7) is 11.9. The minimum Gasteiger partial charge on any atom is -0.403 e. The third-order valence-electron chi connectivity index (χ3n) is 5.98. The SMILES string of the molecule is CCCC(CCn1ccc2ccccc21)CB1OC(C)(C)C(C)(C)O1. The fourth-order valence-corrected chi connectivity index (χ4v) is 3.78. The van der Waals surface area contributed by atoms with Crippen molar-refractivity contribution in [2.75, 3.05) is 0 Å². The lowest BCUT2D eigenvalue weighted by Gasteiger charge is -2.32. The van der Waals surface area contributed by atoms with Crippen LogP contribution in [0.15, 0.2) is 36.5 Å². The van der Waals surface area contributed by atoms with Crippen LogP contribution in [0.4, 0.5) is 0 Å². The first-order valence-corrected chi connectivity index (χ1v) is 9.72. The molecular weight excluding hydrogens is 309 g/mol. The Bertz CT molecular complexity index is 691. The van der Waals surface area contributed by atoms with Crippen LogP contribution < -0.4 is 0 Å². The topological polar surface area (TPSA) is 23.4 Å². The van der Waals surface area contributed by atoms with E-state index in [-0.39, 0.29) is 18.3 Å². The van der Waals surface area contributed by atoms with Gasteiger partial charge in [-0.2, -0.15) is 0 Å². The quantitative estimate of drug-likeness (QED) is 0.617. The second-order valence-corrected chi connectivity index (χ2v) is 8.43. The van der Waals surface area contributed by atoms with Crippen molar-refractivity contribution in [2.24, 2.45) is 5.92 Å². The summed E-state index contributed by atoms with van der Waals surface area (Å²) in [5, 5.41) is 1.32. The van der Waals surface area contributed by atoms with Gasteiger partial charge in [0.2, 0.25) is 0 Å². The molecule has 4 heteroatoms. The van der Waals surface area contributed by atoms with E-state index in [4.69, 9.17) is 9.31 Å². The summed E-state index contributed by atoms with van der Waals surface area (Å²) < 4.78 is 14.8. The van der Waals surface area contributed by atoms with Crippen LogP contribution in [0, 0.1) is 5.92 Å². The van der Waals surface area contributed by atoms with E-state index in [0.717, 1.165) is 19.3 Å². The van der Waals surface area contributed by atoms with E-state index in [2.05, 4.69) is 75.7 Å². The molecule has 1 saturated heterocycles. The van der Waals surface area contributed by atoms with Gasteiger partial charge in [0.15, 0.2) is 0 Å². The van der Waals surface area contributed by atoms with Crippen molar-refractivity contribution in [3.05, 3.63) is 36.5 Å². The van der Waals surface area contributed by atoms with Gasteiger partial charge >= 0.3 is 7.12 Å². The Labute approximate surface area is 152 Å². The Hall–Kier alpha value is -1.26. The molecule has 136 valence electrons. The van der Waals surface area contributed by atoms with Gasteiger partial charge in [-0.1, -0.05) is 38.0 Å². The molecule has 1 aliphatic rings. The molecule has 0 saturated carbocycles. The van der Waals surface area contributed by atoms with E-state index in [1.807, 2.05) is 0 Å². The van der Waals surface area contributed by atoms with Gasteiger partial charge in [0, 0.05) is 18.3 Å². The number of fused-ring (bicyclic) bond motifs is 1. The molecule has 2 aromatic rings. The van der Waals surface area contributed by atoms with Gasteiger partial charge in [0.25, 0.3) is 0 Å². The number of hydrogen-bond acceptors (Lipinski definition) is 2. The highest BCUT2D eigenvalue weighted by Crippen LogP contribution is 2.39. The lowest BCUT2D eigenvalue weighted by Crippen LogP contribution is -2.41. The molecule has 0 radical (unpaired) electrons. The van der Waals surface area contributed by atoms with Gasteiger partial charge < -0.3 is 13.9 Å². The molecule has 1 fully saturated rings. The lowest BCUT2D eigenvalue weighted by molar-refractivity contribution is 0.00578.